The van der Waals surface area contributed by atoms with E-state index in [1.807, 2.05) is 0 Å². The Morgan fingerprint density at radius 2 is 1.48 bits per heavy atom. The Balaban J connectivity index is 3.19. The summed E-state index contributed by atoms with van der Waals surface area (Å²) in [6.45, 7) is 7.99. The van der Waals surface area contributed by atoms with Crippen molar-refractivity contribution in [1.29, 1.82) is 0 Å². The van der Waals surface area contributed by atoms with Gasteiger partial charge < -0.3 is 9.64 Å². The van der Waals surface area contributed by atoms with Gasteiger partial charge >= 0.3 is 5.97 Å². The van der Waals surface area contributed by atoms with E-state index in [1.165, 1.54) is 70.3 Å². The summed E-state index contributed by atoms with van der Waals surface area (Å²) in [5.41, 5.74) is 0. The fourth-order valence-electron chi connectivity index (χ4n) is 2.34. The van der Waals surface area contributed by atoms with Crippen molar-refractivity contribution in [2.45, 2.75) is 71.1 Å². The second kappa shape index (κ2) is 15.6. The first-order chi connectivity index (χ1) is 10.2. The van der Waals surface area contributed by atoms with E-state index in [9.17, 15) is 4.79 Å². The van der Waals surface area contributed by atoms with Crippen LogP contribution in [0.25, 0.3) is 0 Å². The van der Waals surface area contributed by atoms with Gasteiger partial charge in [0.1, 0.15) is 6.61 Å². The minimum atomic E-state index is -0.331. The third-order valence-corrected chi connectivity index (χ3v) is 3.78. The molecule has 0 heterocycles. The van der Waals surface area contributed by atoms with Crippen LogP contribution in [0, 0.1) is 0 Å². The smallest absolute Gasteiger partial charge is 0.330 e. The fraction of sp³-hybridized carbons (Fsp3) is 0.833. The van der Waals surface area contributed by atoms with Crippen molar-refractivity contribution in [3.8, 4) is 0 Å². The molecule has 0 saturated heterocycles. The summed E-state index contributed by atoms with van der Waals surface area (Å²) >= 11 is 0. The van der Waals surface area contributed by atoms with Gasteiger partial charge in [0.25, 0.3) is 0 Å². The molecule has 0 rings (SSSR count). The predicted molar refractivity (Wildman–Crippen MR) is 90.5 cm³/mol. The molecule has 0 unspecified atom stereocenters. The summed E-state index contributed by atoms with van der Waals surface area (Å²) < 4.78 is 4.96. The molecule has 0 aromatic rings. The number of carbonyl (C=O) groups excluding carboxylic acids is 1. The van der Waals surface area contributed by atoms with Gasteiger partial charge in [0.2, 0.25) is 0 Å². The maximum absolute atomic E-state index is 10.9. The quantitative estimate of drug-likeness (QED) is 0.252. The topological polar surface area (TPSA) is 29.5 Å². The third-order valence-electron chi connectivity index (χ3n) is 3.78. The molecule has 0 aliphatic heterocycles. The Bertz CT molecular complexity index is 254. The van der Waals surface area contributed by atoms with Crippen LogP contribution in [-0.2, 0) is 9.53 Å². The highest BCUT2D eigenvalue weighted by Crippen LogP contribution is 2.10. The van der Waals surface area contributed by atoms with Gasteiger partial charge in [0.05, 0.1) is 0 Å². The highest BCUT2D eigenvalue weighted by molar-refractivity contribution is 5.81. The normalized spacial score (nSPS) is 10.8. The summed E-state index contributed by atoms with van der Waals surface area (Å²) in [6, 6.07) is 0. The lowest BCUT2D eigenvalue weighted by Gasteiger charge is -2.15. The summed E-state index contributed by atoms with van der Waals surface area (Å²) in [6.07, 6.45) is 14.9. The molecule has 0 aromatic heterocycles. The summed E-state index contributed by atoms with van der Waals surface area (Å²) in [5.74, 6) is -0.331. The van der Waals surface area contributed by atoms with Crippen molar-refractivity contribution in [3.63, 3.8) is 0 Å². The van der Waals surface area contributed by atoms with E-state index in [2.05, 4.69) is 25.5 Å². The van der Waals surface area contributed by atoms with Gasteiger partial charge in [-0.15, -0.1) is 0 Å². The summed E-state index contributed by atoms with van der Waals surface area (Å²) in [5, 5.41) is 0. The Morgan fingerprint density at radius 1 is 0.952 bits per heavy atom. The van der Waals surface area contributed by atoms with Gasteiger partial charge in [0.15, 0.2) is 0 Å². The van der Waals surface area contributed by atoms with Crippen LogP contribution in [0.2, 0.25) is 0 Å². The second-order valence-corrected chi connectivity index (χ2v) is 5.86. The molecule has 0 saturated carbocycles. The molecule has 3 heteroatoms. The van der Waals surface area contributed by atoms with Gasteiger partial charge in [-0.2, -0.15) is 0 Å². The highest BCUT2D eigenvalue weighted by atomic mass is 16.5. The van der Waals surface area contributed by atoms with E-state index < -0.39 is 0 Å². The first kappa shape index (κ1) is 20.2. The lowest BCUT2D eigenvalue weighted by Crippen LogP contribution is -2.25. The number of unbranched alkanes of at least 4 members (excludes halogenated alkanes) is 9. The van der Waals surface area contributed by atoms with E-state index in [0.29, 0.717) is 6.61 Å². The first-order valence-corrected chi connectivity index (χ1v) is 8.68. The van der Waals surface area contributed by atoms with E-state index >= 15 is 0 Å². The van der Waals surface area contributed by atoms with Crippen molar-refractivity contribution >= 4 is 5.97 Å². The van der Waals surface area contributed by atoms with Crippen LogP contribution in [0.5, 0.6) is 0 Å². The number of esters is 1. The van der Waals surface area contributed by atoms with Gasteiger partial charge in [-0.3, -0.25) is 0 Å². The molecule has 21 heavy (non-hydrogen) atoms. The maximum atomic E-state index is 10.9. The Labute approximate surface area is 131 Å². The molecule has 0 radical (unpaired) electrons. The van der Waals surface area contributed by atoms with Crippen LogP contribution < -0.4 is 0 Å². The molecule has 0 atom stereocenters. The minimum Gasteiger partial charge on any atom is -0.461 e. The lowest BCUT2D eigenvalue weighted by atomic mass is 10.1. The van der Waals surface area contributed by atoms with E-state index in [1.54, 1.807) is 0 Å². The zero-order valence-electron chi connectivity index (χ0n) is 14.2. The van der Waals surface area contributed by atoms with Crippen molar-refractivity contribution in [1.82, 2.24) is 4.90 Å². The van der Waals surface area contributed by atoms with Gasteiger partial charge in [-0.25, -0.2) is 4.79 Å². The van der Waals surface area contributed by atoms with Gasteiger partial charge in [-0.05, 0) is 20.0 Å². The predicted octanol–water partition coefficient (Wildman–Crippen LogP) is 4.57. The molecule has 3 nitrogen and oxygen atoms in total. The Kier molecular flexibility index (Phi) is 14.9. The van der Waals surface area contributed by atoms with E-state index in [0.717, 1.165) is 13.1 Å². The molecular formula is C18H35NO2. The SMILES string of the molecule is C=CC(=O)OCCN(C)CCCCCCCCCCCC. The van der Waals surface area contributed by atoms with Crippen molar-refractivity contribution in [2.24, 2.45) is 0 Å². The van der Waals surface area contributed by atoms with Gasteiger partial charge in [-0.1, -0.05) is 71.3 Å². The monoisotopic (exact) mass is 297 g/mol. The third kappa shape index (κ3) is 15.4. The number of hydrogen-bond donors (Lipinski definition) is 0. The fourth-order valence-corrected chi connectivity index (χ4v) is 2.34. The number of nitrogens with zero attached hydrogens (tertiary/aromatic N) is 1. The number of hydrogen-bond acceptors (Lipinski definition) is 3. The van der Waals surface area contributed by atoms with Crippen LogP contribution in [0.3, 0.4) is 0 Å². The summed E-state index contributed by atoms with van der Waals surface area (Å²) in [4.78, 5) is 13.1. The number of carbonyl (C=O) groups is 1. The summed E-state index contributed by atoms with van der Waals surface area (Å²) in [7, 11) is 2.08. The van der Waals surface area contributed by atoms with Gasteiger partial charge in [0, 0.05) is 12.6 Å². The standard InChI is InChI=1S/C18H35NO2/c1-4-6-7-8-9-10-11-12-13-14-15-19(3)16-17-21-18(20)5-2/h5H,2,4,6-17H2,1,3H3. The molecular weight excluding hydrogens is 262 g/mol. The zero-order valence-corrected chi connectivity index (χ0v) is 14.2. The van der Waals surface area contributed by atoms with Crippen molar-refractivity contribution in [2.75, 3.05) is 26.7 Å². The zero-order chi connectivity index (χ0) is 15.8. The average Bonchev–Trinajstić information content (AvgIpc) is 2.49. The van der Waals surface area contributed by atoms with Crippen LogP contribution in [0.15, 0.2) is 12.7 Å². The van der Waals surface area contributed by atoms with Crippen LogP contribution in [-0.4, -0.2) is 37.6 Å². The molecule has 0 N–H and O–H groups in total. The molecule has 0 aromatic carbocycles. The minimum absolute atomic E-state index is 0.331. The van der Waals surface area contributed by atoms with Crippen LogP contribution in [0.4, 0.5) is 0 Å². The average molecular weight is 297 g/mol. The largest absolute Gasteiger partial charge is 0.461 e. The first-order valence-electron chi connectivity index (χ1n) is 8.68. The molecule has 0 aliphatic carbocycles. The van der Waals surface area contributed by atoms with E-state index in [4.69, 9.17) is 4.74 Å². The van der Waals surface area contributed by atoms with E-state index in [-0.39, 0.29) is 5.97 Å². The molecule has 0 amide bonds. The number of ether oxygens (including phenoxy) is 1. The molecule has 0 fully saturated rings. The Hall–Kier alpha value is -0.830. The molecule has 124 valence electrons. The molecule has 0 bridgehead atoms. The highest BCUT2D eigenvalue weighted by Gasteiger charge is 2.00. The number of rotatable bonds is 15. The second-order valence-electron chi connectivity index (χ2n) is 5.86. The van der Waals surface area contributed by atoms with Crippen molar-refractivity contribution in [3.05, 3.63) is 12.7 Å². The van der Waals surface area contributed by atoms with Crippen molar-refractivity contribution < 1.29 is 9.53 Å². The lowest BCUT2D eigenvalue weighted by molar-refractivity contribution is -0.138. The molecule has 0 spiro atoms. The Morgan fingerprint density at radius 3 is 2.00 bits per heavy atom. The maximum Gasteiger partial charge on any atom is 0.330 e. The van der Waals surface area contributed by atoms with Crippen LogP contribution in [0.1, 0.15) is 71.1 Å². The molecule has 0 aliphatic rings. The number of likely N-dealkylation sites (N-methyl/N-ethyl adjacent to an activating group) is 1. The van der Waals surface area contributed by atoms with Crippen LogP contribution >= 0.6 is 0 Å².